The molecule has 0 bridgehead atoms. The minimum Gasteiger partial charge on any atom is -0.484 e. The van der Waals surface area contributed by atoms with Gasteiger partial charge < -0.3 is 15.0 Å². The van der Waals surface area contributed by atoms with Crippen molar-refractivity contribution in [2.75, 3.05) is 13.2 Å². The number of nitrogens with one attached hydrogen (secondary N) is 1. The molecule has 0 saturated heterocycles. The van der Waals surface area contributed by atoms with Crippen LogP contribution in [0.2, 0.25) is 0 Å². The number of hydrogen-bond acceptors (Lipinski definition) is 3. The fourth-order valence-corrected chi connectivity index (χ4v) is 3.04. The van der Waals surface area contributed by atoms with Gasteiger partial charge in [-0.05, 0) is 72.2 Å². The van der Waals surface area contributed by atoms with Crippen LogP contribution in [0.25, 0.3) is 0 Å². The van der Waals surface area contributed by atoms with Crippen LogP contribution in [0.1, 0.15) is 31.9 Å². The molecule has 1 atom stereocenters. The molecule has 156 valence electrons. The SMILES string of the molecule is Cc1ccc(CN(C(=O)COc2ccc(I)cc2)[C@@H](C)C(=O)NCC(C)C)cc1. The van der Waals surface area contributed by atoms with E-state index in [-0.39, 0.29) is 18.4 Å². The van der Waals surface area contributed by atoms with Gasteiger partial charge in [-0.3, -0.25) is 9.59 Å². The average Bonchev–Trinajstić information content (AvgIpc) is 2.70. The van der Waals surface area contributed by atoms with Crippen LogP contribution < -0.4 is 10.1 Å². The molecule has 29 heavy (non-hydrogen) atoms. The summed E-state index contributed by atoms with van der Waals surface area (Å²) in [6.45, 7) is 8.66. The summed E-state index contributed by atoms with van der Waals surface area (Å²) in [7, 11) is 0. The van der Waals surface area contributed by atoms with Gasteiger partial charge in [0.05, 0.1) is 0 Å². The first kappa shape index (κ1) is 23.2. The molecular formula is C23H29IN2O3. The zero-order valence-corrected chi connectivity index (χ0v) is 19.6. The van der Waals surface area contributed by atoms with Crippen molar-refractivity contribution in [3.05, 3.63) is 63.2 Å². The molecule has 0 spiro atoms. The number of benzene rings is 2. The number of amides is 2. The Morgan fingerprint density at radius 2 is 1.66 bits per heavy atom. The third kappa shape index (κ3) is 7.68. The van der Waals surface area contributed by atoms with Crippen molar-refractivity contribution in [3.63, 3.8) is 0 Å². The fraction of sp³-hybridized carbons (Fsp3) is 0.391. The first-order valence-electron chi connectivity index (χ1n) is 9.77. The predicted octanol–water partition coefficient (Wildman–Crippen LogP) is 4.17. The molecule has 0 aromatic heterocycles. The van der Waals surface area contributed by atoms with Gasteiger partial charge in [0, 0.05) is 16.7 Å². The second kappa shape index (κ2) is 11.2. The largest absolute Gasteiger partial charge is 0.484 e. The van der Waals surface area contributed by atoms with Crippen LogP contribution >= 0.6 is 22.6 Å². The Morgan fingerprint density at radius 1 is 1.03 bits per heavy atom. The van der Waals surface area contributed by atoms with Crippen molar-refractivity contribution < 1.29 is 14.3 Å². The summed E-state index contributed by atoms with van der Waals surface area (Å²) in [5.41, 5.74) is 2.12. The Kier molecular flexibility index (Phi) is 8.95. The summed E-state index contributed by atoms with van der Waals surface area (Å²) in [5, 5.41) is 2.92. The highest BCUT2D eigenvalue weighted by Gasteiger charge is 2.26. The first-order chi connectivity index (χ1) is 13.8. The maximum absolute atomic E-state index is 13.0. The molecule has 0 fully saturated rings. The predicted molar refractivity (Wildman–Crippen MR) is 124 cm³/mol. The van der Waals surface area contributed by atoms with Gasteiger partial charge >= 0.3 is 0 Å². The third-order valence-corrected chi connectivity index (χ3v) is 5.22. The molecule has 0 aliphatic heterocycles. The Hall–Kier alpha value is -2.09. The Balaban J connectivity index is 2.10. The molecule has 2 aromatic rings. The third-order valence-electron chi connectivity index (χ3n) is 4.50. The van der Waals surface area contributed by atoms with Gasteiger partial charge in [-0.25, -0.2) is 0 Å². The van der Waals surface area contributed by atoms with E-state index in [9.17, 15) is 9.59 Å². The van der Waals surface area contributed by atoms with E-state index in [1.54, 1.807) is 11.8 Å². The second-order valence-corrected chi connectivity index (χ2v) is 8.81. The molecule has 0 aliphatic rings. The van der Waals surface area contributed by atoms with Gasteiger partial charge in [0.1, 0.15) is 11.8 Å². The molecule has 5 nitrogen and oxygen atoms in total. The summed E-state index contributed by atoms with van der Waals surface area (Å²) in [4.78, 5) is 27.1. The van der Waals surface area contributed by atoms with Gasteiger partial charge in [0.25, 0.3) is 5.91 Å². The number of ether oxygens (including phenoxy) is 1. The number of aryl methyl sites for hydroxylation is 1. The maximum Gasteiger partial charge on any atom is 0.261 e. The van der Waals surface area contributed by atoms with Crippen LogP contribution in [0.3, 0.4) is 0 Å². The molecule has 0 heterocycles. The molecule has 0 unspecified atom stereocenters. The Morgan fingerprint density at radius 3 is 2.24 bits per heavy atom. The molecule has 2 aromatic carbocycles. The van der Waals surface area contributed by atoms with Crippen molar-refractivity contribution in [3.8, 4) is 5.75 Å². The summed E-state index contributed by atoms with van der Waals surface area (Å²) in [6.07, 6.45) is 0. The van der Waals surface area contributed by atoms with Crippen LogP contribution in [0.5, 0.6) is 5.75 Å². The zero-order valence-electron chi connectivity index (χ0n) is 17.4. The van der Waals surface area contributed by atoms with E-state index in [0.717, 1.165) is 14.7 Å². The van der Waals surface area contributed by atoms with E-state index in [1.165, 1.54) is 0 Å². The van der Waals surface area contributed by atoms with Crippen LogP contribution in [0.15, 0.2) is 48.5 Å². The summed E-state index contributed by atoms with van der Waals surface area (Å²) >= 11 is 2.22. The van der Waals surface area contributed by atoms with Crippen LogP contribution in [-0.2, 0) is 16.1 Å². The van der Waals surface area contributed by atoms with Crippen molar-refractivity contribution in [2.24, 2.45) is 5.92 Å². The monoisotopic (exact) mass is 508 g/mol. The van der Waals surface area contributed by atoms with Crippen LogP contribution in [0, 0.1) is 16.4 Å². The van der Waals surface area contributed by atoms with Gasteiger partial charge in [-0.2, -0.15) is 0 Å². The van der Waals surface area contributed by atoms with E-state index in [1.807, 2.05) is 69.3 Å². The molecule has 1 N–H and O–H groups in total. The van der Waals surface area contributed by atoms with Gasteiger partial charge in [0.2, 0.25) is 5.91 Å². The quantitative estimate of drug-likeness (QED) is 0.518. The van der Waals surface area contributed by atoms with Crippen LogP contribution in [0.4, 0.5) is 0 Å². The number of nitrogens with zero attached hydrogens (tertiary/aromatic N) is 1. The van der Waals surface area contributed by atoms with Gasteiger partial charge in [-0.15, -0.1) is 0 Å². The van der Waals surface area contributed by atoms with E-state index in [0.29, 0.717) is 24.8 Å². The molecule has 0 radical (unpaired) electrons. The molecular weight excluding hydrogens is 479 g/mol. The Labute approximate surface area is 187 Å². The minimum absolute atomic E-state index is 0.117. The van der Waals surface area contributed by atoms with Crippen molar-refractivity contribution in [1.29, 1.82) is 0 Å². The lowest BCUT2D eigenvalue weighted by atomic mass is 10.1. The summed E-state index contributed by atoms with van der Waals surface area (Å²) < 4.78 is 6.76. The highest BCUT2D eigenvalue weighted by Crippen LogP contribution is 2.15. The number of carbonyl (C=O) groups excluding carboxylic acids is 2. The van der Waals surface area contributed by atoms with E-state index in [4.69, 9.17) is 4.74 Å². The van der Waals surface area contributed by atoms with Crippen molar-refractivity contribution >= 4 is 34.4 Å². The van der Waals surface area contributed by atoms with Gasteiger partial charge in [0.15, 0.2) is 6.61 Å². The lowest BCUT2D eigenvalue weighted by Crippen LogP contribution is -2.49. The highest BCUT2D eigenvalue weighted by atomic mass is 127. The highest BCUT2D eigenvalue weighted by molar-refractivity contribution is 14.1. The van der Waals surface area contributed by atoms with Crippen LogP contribution in [-0.4, -0.2) is 35.9 Å². The van der Waals surface area contributed by atoms with Crippen molar-refractivity contribution in [2.45, 2.75) is 40.3 Å². The molecule has 0 saturated carbocycles. The lowest BCUT2D eigenvalue weighted by molar-refractivity contribution is -0.142. The smallest absolute Gasteiger partial charge is 0.261 e. The minimum atomic E-state index is -0.595. The zero-order chi connectivity index (χ0) is 21.4. The maximum atomic E-state index is 13.0. The molecule has 2 amide bonds. The Bertz CT molecular complexity index is 804. The first-order valence-corrected chi connectivity index (χ1v) is 10.8. The summed E-state index contributed by atoms with van der Waals surface area (Å²) in [6, 6.07) is 14.9. The molecule has 2 rings (SSSR count). The van der Waals surface area contributed by atoms with E-state index in [2.05, 4.69) is 27.9 Å². The molecule has 0 aliphatic carbocycles. The number of halogens is 1. The number of rotatable bonds is 9. The van der Waals surface area contributed by atoms with Gasteiger partial charge in [-0.1, -0.05) is 43.7 Å². The summed E-state index contributed by atoms with van der Waals surface area (Å²) in [5.74, 6) is 0.590. The lowest BCUT2D eigenvalue weighted by Gasteiger charge is -2.29. The topological polar surface area (TPSA) is 58.6 Å². The number of hydrogen-bond donors (Lipinski definition) is 1. The van der Waals surface area contributed by atoms with E-state index >= 15 is 0 Å². The normalized spacial score (nSPS) is 11.8. The molecule has 6 heteroatoms. The van der Waals surface area contributed by atoms with Crippen molar-refractivity contribution in [1.82, 2.24) is 10.2 Å². The average molecular weight is 508 g/mol. The van der Waals surface area contributed by atoms with E-state index < -0.39 is 6.04 Å². The number of carbonyl (C=O) groups is 2. The second-order valence-electron chi connectivity index (χ2n) is 7.56. The fourth-order valence-electron chi connectivity index (χ4n) is 2.68. The standard InChI is InChI=1S/C23H29IN2O3/c1-16(2)13-25-23(28)18(4)26(14-19-7-5-17(3)6-8-19)22(27)15-29-21-11-9-20(24)10-12-21/h5-12,16,18H,13-15H2,1-4H3,(H,25,28)/t18-/m0/s1.